The summed E-state index contributed by atoms with van der Waals surface area (Å²) in [6, 6.07) is 6.32. The lowest BCUT2D eigenvalue weighted by atomic mass is 10.00. The maximum absolute atomic E-state index is 13.2. The Morgan fingerprint density at radius 1 is 1.24 bits per heavy atom. The maximum atomic E-state index is 13.2. The molecule has 1 N–H and O–H groups in total. The van der Waals surface area contributed by atoms with Gasteiger partial charge in [0.1, 0.15) is 23.2 Å². The molecule has 1 fully saturated rings. The molecule has 33 heavy (non-hydrogen) atoms. The fourth-order valence-corrected chi connectivity index (χ4v) is 4.48. The zero-order chi connectivity index (χ0) is 23.2. The van der Waals surface area contributed by atoms with E-state index in [-0.39, 0.29) is 41.3 Å². The van der Waals surface area contributed by atoms with Crippen LogP contribution in [0.3, 0.4) is 0 Å². The smallest absolute Gasteiger partial charge is 0.266 e. The van der Waals surface area contributed by atoms with Crippen LogP contribution < -0.4 is 10.9 Å². The van der Waals surface area contributed by atoms with Gasteiger partial charge in [-0.3, -0.25) is 14.2 Å². The molecule has 176 valence electrons. The number of hydrogen-bond acceptors (Lipinski definition) is 6. The van der Waals surface area contributed by atoms with Crippen LogP contribution in [-0.4, -0.2) is 51.2 Å². The Hall–Kier alpha value is -3.07. The van der Waals surface area contributed by atoms with Gasteiger partial charge < -0.3 is 14.7 Å². The van der Waals surface area contributed by atoms with Crippen molar-refractivity contribution < 1.29 is 13.7 Å². The second-order valence-corrected chi connectivity index (χ2v) is 8.51. The number of aryl methyl sites for hydroxylation is 1. The van der Waals surface area contributed by atoms with E-state index in [0.29, 0.717) is 23.8 Å². The molecule has 3 heterocycles. The predicted molar refractivity (Wildman–Crippen MR) is 123 cm³/mol. The third kappa shape index (κ3) is 5.47. The van der Waals surface area contributed by atoms with Crippen LogP contribution in [0.5, 0.6) is 0 Å². The Bertz CT molecular complexity index is 1140. The average Bonchev–Trinajstić information content (AvgIpc) is 3.27. The number of benzene rings is 1. The first-order valence-electron chi connectivity index (χ1n) is 11.7. The minimum atomic E-state index is -0.380. The molecule has 1 saturated heterocycles. The molecule has 4 rings (SSSR count). The number of amides is 1. The quantitative estimate of drug-likeness (QED) is 0.498. The number of likely N-dealkylation sites (tertiary alicyclic amines) is 1. The molecule has 1 atom stereocenters. The molecular weight excluding hydrogens is 425 g/mol. The van der Waals surface area contributed by atoms with Gasteiger partial charge in [-0.2, -0.15) is 0 Å². The SMILES string of the molecule is CC[C@@H]1CCCCN1CCCNC(=O)CCn1cnc2onc(-c3ccc(F)cc3)c2c1=O. The molecule has 9 heteroatoms. The van der Waals surface area contributed by atoms with Crippen molar-refractivity contribution in [1.82, 2.24) is 24.9 Å². The number of aromatic nitrogens is 3. The molecule has 0 bridgehead atoms. The Morgan fingerprint density at radius 3 is 2.85 bits per heavy atom. The summed E-state index contributed by atoms with van der Waals surface area (Å²) in [4.78, 5) is 32.0. The third-order valence-electron chi connectivity index (χ3n) is 6.33. The number of nitrogens with zero attached hydrogens (tertiary/aromatic N) is 4. The van der Waals surface area contributed by atoms with Crippen LogP contribution in [0.2, 0.25) is 0 Å². The molecule has 1 aliphatic heterocycles. The van der Waals surface area contributed by atoms with Gasteiger partial charge in [0.25, 0.3) is 11.3 Å². The molecule has 8 nitrogen and oxygen atoms in total. The number of hydrogen-bond donors (Lipinski definition) is 1. The summed E-state index contributed by atoms with van der Waals surface area (Å²) in [5.41, 5.74) is 0.639. The minimum Gasteiger partial charge on any atom is -0.356 e. The van der Waals surface area contributed by atoms with Gasteiger partial charge in [0, 0.05) is 37.7 Å². The van der Waals surface area contributed by atoms with Gasteiger partial charge in [-0.05, 0) is 56.5 Å². The van der Waals surface area contributed by atoms with Crippen molar-refractivity contribution in [2.24, 2.45) is 0 Å². The second kappa shape index (κ2) is 10.7. The zero-order valence-corrected chi connectivity index (χ0v) is 18.9. The number of carbonyl (C=O) groups is 1. The first-order valence-corrected chi connectivity index (χ1v) is 11.7. The first kappa shape index (κ1) is 23.1. The molecule has 2 aromatic heterocycles. The van der Waals surface area contributed by atoms with Crippen LogP contribution in [0.15, 0.2) is 39.9 Å². The van der Waals surface area contributed by atoms with Crippen molar-refractivity contribution in [2.75, 3.05) is 19.6 Å². The average molecular weight is 456 g/mol. The van der Waals surface area contributed by atoms with Crippen LogP contribution in [0.1, 0.15) is 45.4 Å². The normalized spacial score (nSPS) is 16.8. The Balaban J connectivity index is 1.32. The fraction of sp³-hybridized carbons (Fsp3) is 0.500. The van der Waals surface area contributed by atoms with Crippen molar-refractivity contribution >= 4 is 17.0 Å². The van der Waals surface area contributed by atoms with E-state index in [1.165, 1.54) is 60.8 Å². The molecule has 0 spiro atoms. The molecule has 3 aromatic rings. The van der Waals surface area contributed by atoms with Gasteiger partial charge in [0.2, 0.25) is 5.91 Å². The number of carbonyl (C=O) groups excluding carboxylic acids is 1. The summed E-state index contributed by atoms with van der Waals surface area (Å²) >= 11 is 0. The van der Waals surface area contributed by atoms with Crippen LogP contribution in [-0.2, 0) is 11.3 Å². The number of nitrogens with one attached hydrogen (secondary N) is 1. The summed E-state index contributed by atoms with van der Waals surface area (Å²) < 4.78 is 19.8. The Morgan fingerprint density at radius 2 is 2.06 bits per heavy atom. The van der Waals surface area contributed by atoms with Crippen LogP contribution in [0.4, 0.5) is 4.39 Å². The van der Waals surface area contributed by atoms with Gasteiger partial charge in [0.15, 0.2) is 0 Å². The summed E-state index contributed by atoms with van der Waals surface area (Å²) in [7, 11) is 0. The topological polar surface area (TPSA) is 93.3 Å². The molecule has 1 aliphatic rings. The van der Waals surface area contributed by atoms with E-state index in [9.17, 15) is 14.0 Å². The third-order valence-corrected chi connectivity index (χ3v) is 6.33. The molecule has 1 aromatic carbocycles. The van der Waals surface area contributed by atoms with Crippen molar-refractivity contribution in [1.29, 1.82) is 0 Å². The number of fused-ring (bicyclic) bond motifs is 1. The summed E-state index contributed by atoms with van der Waals surface area (Å²) in [5, 5.41) is 7.11. The van der Waals surface area contributed by atoms with E-state index < -0.39 is 0 Å². The number of halogens is 1. The predicted octanol–water partition coefficient (Wildman–Crippen LogP) is 3.35. The van der Waals surface area contributed by atoms with Crippen LogP contribution >= 0.6 is 0 Å². The lowest BCUT2D eigenvalue weighted by molar-refractivity contribution is -0.121. The van der Waals surface area contributed by atoms with Gasteiger partial charge in [-0.15, -0.1) is 0 Å². The zero-order valence-electron chi connectivity index (χ0n) is 18.9. The summed E-state index contributed by atoms with van der Waals surface area (Å²) in [6.45, 7) is 5.21. The van der Waals surface area contributed by atoms with E-state index in [1.807, 2.05) is 0 Å². The monoisotopic (exact) mass is 455 g/mol. The molecule has 1 amide bonds. The van der Waals surface area contributed by atoms with E-state index in [1.54, 1.807) is 0 Å². The highest BCUT2D eigenvalue weighted by molar-refractivity contribution is 5.88. The van der Waals surface area contributed by atoms with Crippen molar-refractivity contribution in [3.8, 4) is 11.3 Å². The first-order chi connectivity index (χ1) is 16.1. The molecule has 0 aliphatic carbocycles. The van der Waals surface area contributed by atoms with Gasteiger partial charge in [0.05, 0.1) is 0 Å². The number of rotatable bonds is 9. The second-order valence-electron chi connectivity index (χ2n) is 8.51. The van der Waals surface area contributed by atoms with E-state index in [4.69, 9.17) is 4.52 Å². The highest BCUT2D eigenvalue weighted by Gasteiger charge is 2.20. The molecule has 0 saturated carbocycles. The Labute approximate surface area is 191 Å². The largest absolute Gasteiger partial charge is 0.356 e. The highest BCUT2D eigenvalue weighted by Crippen LogP contribution is 2.24. The molecular formula is C24H30FN5O3. The Kier molecular flexibility index (Phi) is 7.49. The lowest BCUT2D eigenvalue weighted by Crippen LogP contribution is -2.40. The van der Waals surface area contributed by atoms with Crippen molar-refractivity contribution in [2.45, 2.75) is 58.0 Å². The number of piperidine rings is 1. The fourth-order valence-electron chi connectivity index (χ4n) is 4.48. The van der Waals surface area contributed by atoms with Gasteiger partial charge >= 0.3 is 0 Å². The van der Waals surface area contributed by atoms with E-state index in [0.717, 1.165) is 19.5 Å². The molecule has 0 radical (unpaired) electrons. The van der Waals surface area contributed by atoms with Crippen molar-refractivity contribution in [3.63, 3.8) is 0 Å². The van der Waals surface area contributed by atoms with Gasteiger partial charge in [-0.25, -0.2) is 9.37 Å². The highest BCUT2D eigenvalue weighted by atomic mass is 19.1. The van der Waals surface area contributed by atoms with Crippen molar-refractivity contribution in [3.05, 3.63) is 46.8 Å². The summed E-state index contributed by atoms with van der Waals surface area (Å²) in [6.07, 6.45) is 7.46. The minimum absolute atomic E-state index is 0.100. The summed E-state index contributed by atoms with van der Waals surface area (Å²) in [5.74, 6) is -0.481. The maximum Gasteiger partial charge on any atom is 0.266 e. The van der Waals surface area contributed by atoms with Gasteiger partial charge in [-0.1, -0.05) is 18.5 Å². The molecule has 0 unspecified atom stereocenters. The van der Waals surface area contributed by atoms with Crippen LogP contribution in [0, 0.1) is 5.82 Å². The van der Waals surface area contributed by atoms with Crippen LogP contribution in [0.25, 0.3) is 22.4 Å². The lowest BCUT2D eigenvalue weighted by Gasteiger charge is -2.35. The standard InChI is InChI=1S/C24H30FN5O3/c1-2-19-6-3-4-13-29(19)14-5-12-26-20(31)11-15-30-16-27-23-21(24(30)32)22(28-33-23)17-7-9-18(25)10-8-17/h7-10,16,19H,2-6,11-15H2,1H3,(H,26,31)/t19-/m1/s1. The van der Waals surface area contributed by atoms with E-state index >= 15 is 0 Å². The van der Waals surface area contributed by atoms with E-state index in [2.05, 4.69) is 27.3 Å².